The maximum absolute atomic E-state index is 14.0. The number of hydrogen-bond acceptors (Lipinski definition) is 3. The van der Waals surface area contributed by atoms with E-state index < -0.39 is 5.41 Å². The smallest absolute Gasteiger partial charge is 0.170 e. The van der Waals surface area contributed by atoms with Gasteiger partial charge in [-0.2, -0.15) is 0 Å². The molecule has 0 N–H and O–H groups in total. The first-order valence-corrected chi connectivity index (χ1v) is 10.8. The molecule has 0 atom stereocenters. The van der Waals surface area contributed by atoms with E-state index in [1.807, 2.05) is 25.1 Å². The highest BCUT2D eigenvalue weighted by atomic mass is 16.5. The van der Waals surface area contributed by atoms with E-state index in [0.717, 1.165) is 56.9 Å². The summed E-state index contributed by atoms with van der Waals surface area (Å²) >= 11 is 0. The predicted molar refractivity (Wildman–Crippen MR) is 125 cm³/mol. The van der Waals surface area contributed by atoms with Gasteiger partial charge >= 0.3 is 0 Å². The van der Waals surface area contributed by atoms with Crippen molar-refractivity contribution in [2.24, 2.45) is 5.41 Å². The minimum absolute atomic E-state index is 0.251. The molecule has 0 saturated carbocycles. The van der Waals surface area contributed by atoms with Crippen LogP contribution < -0.4 is 9.47 Å². The largest absolute Gasteiger partial charge is 0.497 e. The van der Waals surface area contributed by atoms with E-state index >= 15 is 0 Å². The third-order valence-electron chi connectivity index (χ3n) is 6.37. The van der Waals surface area contributed by atoms with Crippen LogP contribution in [-0.2, 0) is 19.3 Å². The number of benzene rings is 3. The van der Waals surface area contributed by atoms with E-state index in [-0.39, 0.29) is 5.78 Å². The molecule has 0 spiro atoms. The summed E-state index contributed by atoms with van der Waals surface area (Å²) in [6.45, 7) is 6.18. The number of carbonyl (C=O) groups is 1. The van der Waals surface area contributed by atoms with Crippen molar-refractivity contribution in [3.63, 3.8) is 0 Å². The van der Waals surface area contributed by atoms with Crippen LogP contribution in [0.5, 0.6) is 11.5 Å². The number of carbonyl (C=O) groups excluding carboxylic acids is 1. The summed E-state index contributed by atoms with van der Waals surface area (Å²) in [6, 6.07) is 18.7. The normalized spacial score (nSPS) is 14.4. The Hall–Kier alpha value is -3.07. The maximum Gasteiger partial charge on any atom is 0.170 e. The van der Waals surface area contributed by atoms with Crippen molar-refractivity contribution in [3.8, 4) is 11.5 Å². The van der Waals surface area contributed by atoms with Crippen LogP contribution in [0.15, 0.2) is 54.6 Å². The Morgan fingerprint density at radius 1 is 0.806 bits per heavy atom. The first kappa shape index (κ1) is 21.2. The van der Waals surface area contributed by atoms with Crippen LogP contribution in [0, 0.1) is 26.2 Å². The second kappa shape index (κ2) is 8.22. The lowest BCUT2D eigenvalue weighted by molar-refractivity contribution is 0.0816. The van der Waals surface area contributed by atoms with Gasteiger partial charge in [0.2, 0.25) is 0 Å². The molecule has 3 aromatic carbocycles. The zero-order chi connectivity index (χ0) is 22.2. The minimum Gasteiger partial charge on any atom is -0.497 e. The fourth-order valence-electron chi connectivity index (χ4n) is 5.13. The number of ketones is 1. The highest BCUT2D eigenvalue weighted by molar-refractivity contribution is 6.06. The number of hydrogen-bond donors (Lipinski definition) is 0. The molecule has 0 radical (unpaired) electrons. The zero-order valence-electron chi connectivity index (χ0n) is 19.0. The Morgan fingerprint density at radius 2 is 1.35 bits per heavy atom. The average Bonchev–Trinajstić information content (AvgIpc) is 2.99. The summed E-state index contributed by atoms with van der Waals surface area (Å²) in [5.74, 6) is 1.92. The number of rotatable bonds is 6. The van der Waals surface area contributed by atoms with Crippen LogP contribution >= 0.6 is 0 Å². The summed E-state index contributed by atoms with van der Waals surface area (Å²) < 4.78 is 11.0. The molecule has 0 heterocycles. The Morgan fingerprint density at radius 3 is 1.84 bits per heavy atom. The molecule has 0 unspecified atom stereocenters. The number of ether oxygens (including phenoxy) is 2. The lowest BCUT2D eigenvalue weighted by Crippen LogP contribution is -2.33. The molecular formula is C28H30O3. The molecule has 3 heteroatoms. The quantitative estimate of drug-likeness (QED) is 0.508. The summed E-state index contributed by atoms with van der Waals surface area (Å²) in [5.41, 5.74) is 7.15. The van der Waals surface area contributed by atoms with E-state index in [1.165, 1.54) is 0 Å². The van der Waals surface area contributed by atoms with Crippen molar-refractivity contribution in [2.75, 3.05) is 14.2 Å². The van der Waals surface area contributed by atoms with E-state index in [0.29, 0.717) is 12.8 Å². The van der Waals surface area contributed by atoms with Gasteiger partial charge in [0.05, 0.1) is 14.2 Å². The Balaban J connectivity index is 1.81. The van der Waals surface area contributed by atoms with Crippen LogP contribution in [0.1, 0.15) is 43.7 Å². The molecule has 0 amide bonds. The van der Waals surface area contributed by atoms with Gasteiger partial charge in [0.15, 0.2) is 5.78 Å². The molecule has 0 bridgehead atoms. The summed E-state index contributed by atoms with van der Waals surface area (Å²) in [5, 5.41) is 0. The van der Waals surface area contributed by atoms with Crippen molar-refractivity contribution in [3.05, 3.63) is 93.5 Å². The van der Waals surface area contributed by atoms with Gasteiger partial charge in [-0.25, -0.2) is 0 Å². The van der Waals surface area contributed by atoms with Gasteiger partial charge in [0.25, 0.3) is 0 Å². The third-order valence-corrected chi connectivity index (χ3v) is 6.37. The van der Waals surface area contributed by atoms with Gasteiger partial charge in [-0.05, 0) is 97.7 Å². The number of aryl methyl sites for hydroxylation is 3. The maximum atomic E-state index is 14.0. The number of methoxy groups -OCH3 is 2. The average molecular weight is 415 g/mol. The molecule has 4 rings (SSSR count). The first-order chi connectivity index (χ1) is 14.8. The van der Waals surface area contributed by atoms with Crippen LogP contribution in [0.2, 0.25) is 0 Å². The lowest BCUT2D eigenvalue weighted by Gasteiger charge is -2.29. The fraction of sp³-hybridized carbons (Fsp3) is 0.321. The van der Waals surface area contributed by atoms with E-state index in [1.54, 1.807) is 14.2 Å². The third kappa shape index (κ3) is 4.10. The highest BCUT2D eigenvalue weighted by Gasteiger charge is 2.46. The van der Waals surface area contributed by atoms with Gasteiger partial charge in [0, 0.05) is 11.0 Å². The van der Waals surface area contributed by atoms with Crippen LogP contribution in [0.4, 0.5) is 0 Å². The standard InChI is InChI=1S/C28H30O3/c1-18-9-21(13-24(11-18)30-4)15-28(16-22-10-19(2)12-25(14-22)31-5)17-23-8-6-7-20(3)26(23)27(28)29/h6-14H,15-17H2,1-5H3. The molecule has 1 aliphatic rings. The second-order valence-electron chi connectivity index (χ2n) is 8.97. The van der Waals surface area contributed by atoms with Gasteiger partial charge < -0.3 is 9.47 Å². The highest BCUT2D eigenvalue weighted by Crippen LogP contribution is 2.44. The van der Waals surface area contributed by atoms with Crippen LogP contribution in [0.3, 0.4) is 0 Å². The Bertz CT molecular complexity index is 1090. The van der Waals surface area contributed by atoms with Gasteiger partial charge in [0.1, 0.15) is 11.5 Å². The Labute approximate surface area is 185 Å². The number of fused-ring (bicyclic) bond motifs is 1. The molecule has 0 aromatic heterocycles. The van der Waals surface area contributed by atoms with Crippen molar-refractivity contribution in [2.45, 2.75) is 40.0 Å². The topological polar surface area (TPSA) is 35.5 Å². The van der Waals surface area contributed by atoms with E-state index in [2.05, 4.69) is 50.2 Å². The molecule has 0 fully saturated rings. The van der Waals surface area contributed by atoms with Gasteiger partial charge in [-0.1, -0.05) is 30.3 Å². The molecule has 3 nitrogen and oxygen atoms in total. The van der Waals surface area contributed by atoms with Crippen molar-refractivity contribution in [1.29, 1.82) is 0 Å². The molecular weight excluding hydrogens is 384 g/mol. The van der Waals surface area contributed by atoms with E-state index in [4.69, 9.17) is 9.47 Å². The van der Waals surface area contributed by atoms with Crippen molar-refractivity contribution >= 4 is 5.78 Å². The monoisotopic (exact) mass is 414 g/mol. The van der Waals surface area contributed by atoms with Crippen LogP contribution in [0.25, 0.3) is 0 Å². The SMILES string of the molecule is COc1cc(C)cc(CC2(Cc3cc(C)cc(OC)c3)Cc3cccc(C)c3C2=O)c1. The van der Waals surface area contributed by atoms with E-state index in [9.17, 15) is 4.79 Å². The lowest BCUT2D eigenvalue weighted by atomic mass is 9.73. The first-order valence-electron chi connectivity index (χ1n) is 10.8. The summed E-state index contributed by atoms with van der Waals surface area (Å²) in [6.07, 6.45) is 2.10. The molecule has 31 heavy (non-hydrogen) atoms. The molecule has 3 aromatic rings. The zero-order valence-corrected chi connectivity index (χ0v) is 19.0. The summed E-state index contributed by atoms with van der Waals surface area (Å²) in [7, 11) is 3.38. The Kier molecular flexibility index (Phi) is 5.62. The predicted octanol–water partition coefficient (Wildman–Crippen LogP) is 5.84. The fourth-order valence-corrected chi connectivity index (χ4v) is 5.13. The van der Waals surface area contributed by atoms with Gasteiger partial charge in [-0.3, -0.25) is 4.79 Å². The number of Topliss-reactive ketones (excluding diaryl/α,β-unsaturated/α-hetero) is 1. The molecule has 1 aliphatic carbocycles. The minimum atomic E-state index is -0.522. The molecule has 0 aliphatic heterocycles. The molecule has 0 saturated heterocycles. The van der Waals surface area contributed by atoms with Gasteiger partial charge in [-0.15, -0.1) is 0 Å². The van der Waals surface area contributed by atoms with Crippen LogP contribution in [-0.4, -0.2) is 20.0 Å². The van der Waals surface area contributed by atoms with Crippen molar-refractivity contribution < 1.29 is 14.3 Å². The second-order valence-corrected chi connectivity index (χ2v) is 8.97. The molecule has 160 valence electrons. The van der Waals surface area contributed by atoms with Crippen molar-refractivity contribution in [1.82, 2.24) is 0 Å². The summed E-state index contributed by atoms with van der Waals surface area (Å²) in [4.78, 5) is 14.0.